The Kier molecular flexibility index (Phi) is 11.1. The average Bonchev–Trinajstić information content (AvgIpc) is 2.16. The summed E-state index contributed by atoms with van der Waals surface area (Å²) in [6, 6.07) is 0. The van der Waals surface area contributed by atoms with Crippen molar-refractivity contribution in [1.29, 1.82) is 0 Å². The Morgan fingerprint density at radius 2 is 1.38 bits per heavy atom. The van der Waals surface area contributed by atoms with Crippen LogP contribution in [0.25, 0.3) is 0 Å². The molecule has 0 aliphatic heterocycles. The highest BCUT2D eigenvalue weighted by molar-refractivity contribution is 4.70. The van der Waals surface area contributed by atoms with Gasteiger partial charge >= 0.3 is 0 Å². The molecule has 0 saturated heterocycles. The Bertz CT molecular complexity index is 108. The Hall–Kier alpha value is -0.460. The van der Waals surface area contributed by atoms with Crippen molar-refractivity contribution in [3.8, 4) is 0 Å². The van der Waals surface area contributed by atoms with E-state index < -0.39 is 0 Å². The summed E-state index contributed by atoms with van der Waals surface area (Å²) in [7, 11) is 0. The van der Waals surface area contributed by atoms with Crippen molar-refractivity contribution in [2.45, 2.75) is 64.7 Å². The zero-order valence-corrected chi connectivity index (χ0v) is 8.93. The molecule has 1 nitrogen and oxygen atoms in total. The van der Waals surface area contributed by atoms with Crippen molar-refractivity contribution in [3.63, 3.8) is 0 Å². The summed E-state index contributed by atoms with van der Waals surface area (Å²) in [4.78, 5) is 0. The minimum atomic E-state index is 0.904. The molecule has 0 aliphatic carbocycles. The lowest BCUT2D eigenvalue weighted by Crippen LogP contribution is -1.79. The second-order valence-corrected chi connectivity index (χ2v) is 3.64. The van der Waals surface area contributed by atoms with E-state index in [2.05, 4.69) is 6.92 Å². The SMILES string of the molecule is CCCCCCCCCC/C=C/[O]. The monoisotopic (exact) mass is 183 g/mol. The van der Waals surface area contributed by atoms with Crippen LogP contribution in [-0.2, 0) is 5.11 Å². The minimum absolute atomic E-state index is 0.904. The van der Waals surface area contributed by atoms with Crippen LogP contribution in [0.15, 0.2) is 12.3 Å². The molecular weight excluding hydrogens is 160 g/mol. The molecule has 77 valence electrons. The third kappa shape index (κ3) is 11.5. The number of rotatable bonds is 9. The highest BCUT2D eigenvalue weighted by atomic mass is 16.2. The normalized spacial score (nSPS) is 11.2. The van der Waals surface area contributed by atoms with Gasteiger partial charge in [0.25, 0.3) is 0 Å². The van der Waals surface area contributed by atoms with E-state index in [0.29, 0.717) is 0 Å². The van der Waals surface area contributed by atoms with Gasteiger partial charge in [-0.25, -0.2) is 0 Å². The maximum Gasteiger partial charge on any atom is 0.138 e. The molecule has 0 N–H and O–H groups in total. The fourth-order valence-corrected chi connectivity index (χ4v) is 1.46. The van der Waals surface area contributed by atoms with Gasteiger partial charge in [-0.1, -0.05) is 51.9 Å². The third-order valence-electron chi connectivity index (χ3n) is 2.32. The molecule has 0 aromatic carbocycles. The van der Waals surface area contributed by atoms with Crippen molar-refractivity contribution < 1.29 is 5.11 Å². The lowest BCUT2D eigenvalue weighted by molar-refractivity contribution is 0.349. The smallest absolute Gasteiger partial charge is 0.138 e. The molecule has 0 rings (SSSR count). The van der Waals surface area contributed by atoms with Gasteiger partial charge in [0.2, 0.25) is 0 Å². The molecule has 0 heterocycles. The van der Waals surface area contributed by atoms with Crippen molar-refractivity contribution in [2.24, 2.45) is 0 Å². The summed E-state index contributed by atoms with van der Waals surface area (Å²) >= 11 is 0. The molecule has 0 unspecified atom stereocenters. The topological polar surface area (TPSA) is 19.9 Å². The van der Waals surface area contributed by atoms with E-state index in [0.717, 1.165) is 12.7 Å². The summed E-state index contributed by atoms with van der Waals surface area (Å²) in [5.74, 6) is 0. The van der Waals surface area contributed by atoms with Gasteiger partial charge in [-0.2, -0.15) is 0 Å². The van der Waals surface area contributed by atoms with E-state index in [1.807, 2.05) is 0 Å². The Balaban J connectivity index is 2.83. The van der Waals surface area contributed by atoms with Gasteiger partial charge < -0.3 is 0 Å². The molecule has 1 heteroatoms. The molecule has 0 aliphatic rings. The van der Waals surface area contributed by atoms with E-state index in [4.69, 9.17) is 0 Å². The lowest BCUT2D eigenvalue weighted by atomic mass is 10.1. The molecule has 0 aromatic rings. The Morgan fingerprint density at radius 1 is 0.846 bits per heavy atom. The highest BCUT2D eigenvalue weighted by Gasteiger charge is 1.89. The Morgan fingerprint density at radius 3 is 1.92 bits per heavy atom. The summed E-state index contributed by atoms with van der Waals surface area (Å²) in [6.07, 6.45) is 14.3. The second-order valence-electron chi connectivity index (χ2n) is 3.64. The molecule has 0 saturated carbocycles. The molecule has 13 heavy (non-hydrogen) atoms. The Labute approximate surface area is 82.9 Å². The minimum Gasteiger partial charge on any atom is -0.299 e. The maximum absolute atomic E-state index is 9.96. The first-order chi connectivity index (χ1) is 6.41. The van der Waals surface area contributed by atoms with Gasteiger partial charge in [0.1, 0.15) is 6.26 Å². The van der Waals surface area contributed by atoms with Crippen LogP contribution in [0.4, 0.5) is 0 Å². The van der Waals surface area contributed by atoms with Gasteiger partial charge in [-0.3, -0.25) is 5.11 Å². The average molecular weight is 183 g/mol. The van der Waals surface area contributed by atoms with Gasteiger partial charge in [0.15, 0.2) is 0 Å². The van der Waals surface area contributed by atoms with Gasteiger partial charge in [0.05, 0.1) is 0 Å². The van der Waals surface area contributed by atoms with E-state index in [1.54, 1.807) is 6.08 Å². The maximum atomic E-state index is 9.96. The summed E-state index contributed by atoms with van der Waals surface area (Å²) in [6.45, 7) is 2.25. The van der Waals surface area contributed by atoms with Crippen molar-refractivity contribution in [2.75, 3.05) is 0 Å². The van der Waals surface area contributed by atoms with Crippen LogP contribution in [0.2, 0.25) is 0 Å². The molecule has 0 amide bonds. The molecule has 0 fully saturated rings. The third-order valence-corrected chi connectivity index (χ3v) is 2.32. The van der Waals surface area contributed by atoms with Gasteiger partial charge in [-0.15, -0.1) is 0 Å². The highest BCUT2D eigenvalue weighted by Crippen LogP contribution is 2.09. The van der Waals surface area contributed by atoms with Crippen molar-refractivity contribution in [1.82, 2.24) is 0 Å². The molecule has 0 atom stereocenters. The van der Waals surface area contributed by atoms with E-state index in [-0.39, 0.29) is 0 Å². The van der Waals surface area contributed by atoms with Gasteiger partial charge in [-0.05, 0) is 18.9 Å². The molecular formula is C12H23O. The van der Waals surface area contributed by atoms with E-state index in [9.17, 15) is 5.11 Å². The van der Waals surface area contributed by atoms with Crippen LogP contribution in [0, 0.1) is 0 Å². The van der Waals surface area contributed by atoms with Crippen LogP contribution >= 0.6 is 0 Å². The van der Waals surface area contributed by atoms with Crippen LogP contribution < -0.4 is 0 Å². The first kappa shape index (κ1) is 12.5. The molecule has 0 aromatic heterocycles. The fourth-order valence-electron chi connectivity index (χ4n) is 1.46. The van der Waals surface area contributed by atoms with E-state index >= 15 is 0 Å². The van der Waals surface area contributed by atoms with E-state index in [1.165, 1.54) is 51.4 Å². The van der Waals surface area contributed by atoms with Crippen molar-refractivity contribution >= 4 is 0 Å². The molecule has 0 bridgehead atoms. The lowest BCUT2D eigenvalue weighted by Gasteiger charge is -1.99. The summed E-state index contributed by atoms with van der Waals surface area (Å²) < 4.78 is 0. The second kappa shape index (κ2) is 11.5. The number of unbranched alkanes of at least 4 members (excludes halogenated alkanes) is 8. The first-order valence-electron chi connectivity index (χ1n) is 5.68. The number of hydrogen-bond donors (Lipinski definition) is 0. The summed E-state index contributed by atoms with van der Waals surface area (Å²) in [5, 5.41) is 9.96. The quantitative estimate of drug-likeness (QED) is 0.371. The number of hydrogen-bond acceptors (Lipinski definition) is 0. The zero-order valence-electron chi connectivity index (χ0n) is 8.93. The molecule has 0 spiro atoms. The number of allylic oxidation sites excluding steroid dienone is 1. The molecule has 1 radical (unpaired) electrons. The zero-order chi connectivity index (χ0) is 9.78. The van der Waals surface area contributed by atoms with Crippen LogP contribution in [0.3, 0.4) is 0 Å². The largest absolute Gasteiger partial charge is 0.299 e. The summed E-state index contributed by atoms with van der Waals surface area (Å²) in [5.41, 5.74) is 0. The first-order valence-corrected chi connectivity index (χ1v) is 5.68. The van der Waals surface area contributed by atoms with Crippen LogP contribution in [0.5, 0.6) is 0 Å². The fraction of sp³-hybridized carbons (Fsp3) is 0.833. The predicted octanol–water partition coefficient (Wildman–Crippen LogP) is 4.46. The predicted molar refractivity (Wildman–Crippen MR) is 57.1 cm³/mol. The van der Waals surface area contributed by atoms with Crippen LogP contribution in [-0.4, -0.2) is 0 Å². The van der Waals surface area contributed by atoms with Crippen molar-refractivity contribution in [3.05, 3.63) is 12.3 Å². The standard InChI is InChI=1S/C12H23O/c1-2-3-4-5-6-7-8-9-10-11-12-13/h11-12H,2-10H2,1H3/b12-11+. The van der Waals surface area contributed by atoms with Crippen LogP contribution in [0.1, 0.15) is 64.7 Å². The van der Waals surface area contributed by atoms with Gasteiger partial charge in [0, 0.05) is 0 Å².